The normalized spacial score (nSPS) is 27.8. The van der Waals surface area contributed by atoms with Crippen molar-refractivity contribution in [1.29, 1.82) is 5.26 Å². The first kappa shape index (κ1) is 25.7. The number of ether oxygens (including phenoxy) is 2. The van der Waals surface area contributed by atoms with Crippen LogP contribution in [0.4, 0.5) is 24.5 Å². The van der Waals surface area contributed by atoms with Crippen molar-refractivity contribution in [1.82, 2.24) is 0 Å². The predicted octanol–water partition coefficient (Wildman–Crippen LogP) is 4.43. The van der Waals surface area contributed by atoms with E-state index < -0.39 is 52.2 Å². The molecule has 0 aliphatic carbocycles. The van der Waals surface area contributed by atoms with Gasteiger partial charge in [-0.15, -0.1) is 0 Å². The summed E-state index contributed by atoms with van der Waals surface area (Å²) in [5, 5.41) is 11.7. The van der Waals surface area contributed by atoms with Crippen molar-refractivity contribution in [2.24, 2.45) is 11.8 Å². The molecule has 2 bridgehead atoms. The first-order chi connectivity index (χ1) is 17.9. The molecule has 3 aliphatic rings. The van der Waals surface area contributed by atoms with Crippen molar-refractivity contribution in [2.75, 3.05) is 16.8 Å². The average Bonchev–Trinajstić information content (AvgIpc) is 3.43. The van der Waals surface area contributed by atoms with Crippen molar-refractivity contribution in [3.05, 3.63) is 53.6 Å². The number of anilines is 2. The van der Waals surface area contributed by atoms with Gasteiger partial charge in [0.15, 0.2) is 0 Å². The van der Waals surface area contributed by atoms with Crippen molar-refractivity contribution < 1.29 is 37.0 Å². The van der Waals surface area contributed by atoms with Crippen LogP contribution in [0.3, 0.4) is 0 Å². The molecule has 1 N–H and O–H groups in total. The molecule has 3 aliphatic heterocycles. The van der Waals surface area contributed by atoms with Crippen LogP contribution < -0.4 is 15.0 Å². The Hall–Kier alpha value is -3.91. The molecule has 3 amide bonds. The number of alkyl halides is 3. The summed E-state index contributed by atoms with van der Waals surface area (Å²) >= 11 is 0. The molecule has 2 unspecified atom stereocenters. The van der Waals surface area contributed by atoms with Crippen LogP contribution in [0.1, 0.15) is 44.2 Å². The Morgan fingerprint density at radius 2 is 1.84 bits per heavy atom. The maximum absolute atomic E-state index is 13.6. The van der Waals surface area contributed by atoms with E-state index in [2.05, 4.69) is 5.32 Å². The molecule has 0 spiro atoms. The van der Waals surface area contributed by atoms with E-state index in [9.17, 15) is 27.6 Å². The molecule has 11 heteroatoms. The van der Waals surface area contributed by atoms with E-state index in [4.69, 9.17) is 14.7 Å². The lowest BCUT2D eigenvalue weighted by molar-refractivity contribution is -0.138. The Bertz CT molecular complexity index is 1370. The lowest BCUT2D eigenvalue weighted by atomic mass is 9.67. The minimum atomic E-state index is -4.82. The van der Waals surface area contributed by atoms with Crippen LogP contribution in [0, 0.1) is 23.2 Å². The van der Waals surface area contributed by atoms with Gasteiger partial charge >= 0.3 is 6.18 Å². The third-order valence-corrected chi connectivity index (χ3v) is 7.67. The van der Waals surface area contributed by atoms with Gasteiger partial charge in [-0.25, -0.2) is 4.90 Å². The van der Waals surface area contributed by atoms with Crippen LogP contribution in [-0.4, -0.2) is 35.5 Å². The molecule has 0 radical (unpaired) electrons. The van der Waals surface area contributed by atoms with Crippen molar-refractivity contribution in [3.63, 3.8) is 0 Å². The smallest absolute Gasteiger partial charge is 0.417 e. The van der Waals surface area contributed by atoms with Crippen LogP contribution in [0.5, 0.6) is 5.75 Å². The number of imide groups is 1. The van der Waals surface area contributed by atoms with E-state index in [1.54, 1.807) is 31.2 Å². The number of hydrogen-bond donors (Lipinski definition) is 1. The highest BCUT2D eigenvalue weighted by Gasteiger charge is 2.73. The Kier molecular flexibility index (Phi) is 5.98. The molecule has 2 aromatic rings. The number of nitriles is 1. The average molecular weight is 527 g/mol. The van der Waals surface area contributed by atoms with Gasteiger partial charge in [0, 0.05) is 19.0 Å². The predicted molar refractivity (Wildman–Crippen MR) is 128 cm³/mol. The zero-order valence-corrected chi connectivity index (χ0v) is 20.6. The fraction of sp³-hybridized carbons (Fsp3) is 0.407. The summed E-state index contributed by atoms with van der Waals surface area (Å²) in [7, 11) is 0. The van der Waals surface area contributed by atoms with Gasteiger partial charge in [-0.1, -0.05) is 0 Å². The molecule has 198 valence electrons. The third-order valence-electron chi connectivity index (χ3n) is 7.67. The van der Waals surface area contributed by atoms with E-state index in [1.807, 2.05) is 0 Å². The monoisotopic (exact) mass is 527 g/mol. The standard InChI is InChI=1S/C27H24F3N3O5/c1-15(34)32-17-4-7-19(8-5-17)37-12-11-26-10-9-25(2,38-26)21-22(26)24(36)33(23(21)35)18-6-3-16(14-31)20(13-18)27(28,29)30/h3-8,13,21-22H,9-12H2,1-2H3,(H,32,34)/t21-,22+,25?,26?/m0/s1. The lowest BCUT2D eigenvalue weighted by Gasteiger charge is -2.31. The number of rotatable bonds is 6. The number of nitrogens with one attached hydrogen (secondary N) is 1. The second kappa shape index (κ2) is 8.84. The molecule has 0 aromatic heterocycles. The molecule has 4 atom stereocenters. The topological polar surface area (TPSA) is 109 Å². The highest BCUT2D eigenvalue weighted by molar-refractivity contribution is 6.23. The quantitative estimate of drug-likeness (QED) is 0.557. The fourth-order valence-electron chi connectivity index (χ4n) is 6.05. The van der Waals surface area contributed by atoms with E-state index in [-0.39, 0.29) is 18.2 Å². The lowest BCUT2D eigenvalue weighted by Crippen LogP contribution is -2.43. The van der Waals surface area contributed by atoms with Gasteiger partial charge in [0.1, 0.15) is 5.75 Å². The first-order valence-corrected chi connectivity index (χ1v) is 12.1. The van der Waals surface area contributed by atoms with Crippen molar-refractivity contribution >= 4 is 29.1 Å². The minimum absolute atomic E-state index is 0.176. The van der Waals surface area contributed by atoms with Crippen LogP contribution in [0.25, 0.3) is 0 Å². The van der Waals surface area contributed by atoms with Gasteiger partial charge < -0.3 is 14.8 Å². The summed E-state index contributed by atoms with van der Waals surface area (Å²) in [4.78, 5) is 39.1. The molecular formula is C27H24F3N3O5. The van der Waals surface area contributed by atoms with Crippen molar-refractivity contribution in [3.8, 4) is 11.8 Å². The van der Waals surface area contributed by atoms with E-state index in [1.165, 1.54) is 19.1 Å². The summed E-state index contributed by atoms with van der Waals surface area (Å²) < 4.78 is 52.8. The number of carbonyl (C=O) groups is 3. The maximum Gasteiger partial charge on any atom is 0.417 e. The summed E-state index contributed by atoms with van der Waals surface area (Å²) in [5.74, 6) is -2.55. The largest absolute Gasteiger partial charge is 0.493 e. The number of halogens is 3. The van der Waals surface area contributed by atoms with Gasteiger partial charge in [0.2, 0.25) is 17.7 Å². The molecule has 3 saturated heterocycles. The Labute approximate surface area is 216 Å². The van der Waals surface area contributed by atoms with E-state index >= 15 is 0 Å². The van der Waals surface area contributed by atoms with Gasteiger partial charge in [-0.05, 0) is 62.2 Å². The van der Waals surface area contributed by atoms with Gasteiger partial charge in [-0.2, -0.15) is 18.4 Å². The molecule has 0 saturated carbocycles. The highest BCUT2D eigenvalue weighted by atomic mass is 19.4. The zero-order valence-electron chi connectivity index (χ0n) is 20.6. The number of hydrogen-bond acceptors (Lipinski definition) is 6. The van der Waals surface area contributed by atoms with Crippen LogP contribution in [0.2, 0.25) is 0 Å². The van der Waals surface area contributed by atoms with E-state index in [0.717, 1.165) is 11.0 Å². The number of nitrogens with zero attached hydrogens (tertiary/aromatic N) is 2. The SMILES string of the molecule is CC(=O)Nc1ccc(OCCC23CCC(C)(O2)[C@@H]2C(=O)N(c4ccc(C#N)c(C(F)(F)F)c4)C(=O)[C@@H]23)cc1. The van der Waals surface area contributed by atoms with Crippen LogP contribution in [-0.2, 0) is 25.3 Å². The molecule has 2 aromatic carbocycles. The van der Waals surface area contributed by atoms with Gasteiger partial charge in [-0.3, -0.25) is 14.4 Å². The Morgan fingerprint density at radius 3 is 2.47 bits per heavy atom. The molecule has 3 heterocycles. The van der Waals surface area contributed by atoms with Crippen molar-refractivity contribution in [2.45, 2.75) is 50.5 Å². The molecule has 5 rings (SSSR count). The molecule has 38 heavy (non-hydrogen) atoms. The Morgan fingerprint density at radius 1 is 1.16 bits per heavy atom. The number of carbonyl (C=O) groups excluding carboxylic acids is 3. The van der Waals surface area contributed by atoms with Gasteiger partial charge in [0.25, 0.3) is 0 Å². The minimum Gasteiger partial charge on any atom is -0.493 e. The Balaban J connectivity index is 1.37. The second-order valence-electron chi connectivity index (χ2n) is 10.1. The number of benzene rings is 2. The zero-order chi connectivity index (χ0) is 27.5. The second-order valence-corrected chi connectivity index (χ2v) is 10.1. The summed E-state index contributed by atoms with van der Waals surface area (Å²) in [6, 6.07) is 11.1. The summed E-state index contributed by atoms with van der Waals surface area (Å²) in [6.07, 6.45) is -3.50. The molecule has 8 nitrogen and oxygen atoms in total. The highest BCUT2D eigenvalue weighted by Crippen LogP contribution is 2.62. The number of amides is 3. The van der Waals surface area contributed by atoms with E-state index in [0.29, 0.717) is 36.8 Å². The first-order valence-electron chi connectivity index (χ1n) is 12.1. The van der Waals surface area contributed by atoms with Crippen LogP contribution in [0.15, 0.2) is 42.5 Å². The summed E-state index contributed by atoms with van der Waals surface area (Å²) in [6.45, 7) is 3.34. The van der Waals surface area contributed by atoms with Gasteiger partial charge in [0.05, 0.1) is 52.5 Å². The molecule has 3 fully saturated rings. The third kappa shape index (κ3) is 4.09. The number of fused-ring (bicyclic) bond motifs is 5. The molecular weight excluding hydrogens is 503 g/mol. The summed E-state index contributed by atoms with van der Waals surface area (Å²) in [5.41, 5.74) is -3.30. The van der Waals surface area contributed by atoms with Crippen LogP contribution >= 0.6 is 0 Å². The fourth-order valence-corrected chi connectivity index (χ4v) is 6.05. The maximum atomic E-state index is 13.6.